The van der Waals surface area contributed by atoms with Crippen LogP contribution in [0.1, 0.15) is 17.0 Å². The third-order valence-corrected chi connectivity index (χ3v) is 4.11. The largest absolute Gasteiger partial charge is 0.306 e. The molecule has 0 unspecified atom stereocenters. The topological polar surface area (TPSA) is 42.2 Å². The molecule has 1 aromatic carbocycles. The molecular weight excluding hydrogens is 316 g/mol. The van der Waals surface area contributed by atoms with Crippen molar-refractivity contribution in [2.45, 2.75) is 20.0 Å². The number of rotatable bonds is 4. The van der Waals surface area contributed by atoms with E-state index in [-0.39, 0.29) is 0 Å². The van der Waals surface area contributed by atoms with E-state index in [0.29, 0.717) is 6.54 Å². The van der Waals surface area contributed by atoms with Gasteiger partial charge < -0.3 is 5.32 Å². The van der Waals surface area contributed by atoms with Crippen molar-refractivity contribution in [3.8, 4) is 0 Å². The quantitative estimate of drug-likeness (QED) is 0.799. The lowest BCUT2D eigenvalue weighted by Crippen LogP contribution is -2.15. The number of nitrogens with one attached hydrogen (secondary N) is 1. The molecule has 0 radical (unpaired) electrons. The first-order valence-corrected chi connectivity index (χ1v) is 7.28. The highest BCUT2D eigenvalue weighted by atomic mass is 79.9. The molecule has 0 aliphatic rings. The van der Waals surface area contributed by atoms with Gasteiger partial charge in [-0.25, -0.2) is 0 Å². The highest BCUT2D eigenvalue weighted by Gasteiger charge is 2.04. The lowest BCUT2D eigenvalue weighted by atomic mass is 10.1. The van der Waals surface area contributed by atoms with E-state index in [1.165, 1.54) is 11.1 Å². The SMILES string of the molecule is Cc1cc(CNCc2nnc3ccccn23)ccc1Br. The molecule has 3 rings (SSSR count). The van der Waals surface area contributed by atoms with Gasteiger partial charge in [0.25, 0.3) is 0 Å². The molecule has 0 fully saturated rings. The average Bonchev–Trinajstić information content (AvgIpc) is 2.86. The van der Waals surface area contributed by atoms with E-state index in [2.05, 4.69) is 56.6 Å². The monoisotopic (exact) mass is 330 g/mol. The van der Waals surface area contributed by atoms with E-state index in [0.717, 1.165) is 22.5 Å². The maximum atomic E-state index is 4.20. The van der Waals surface area contributed by atoms with Crippen LogP contribution < -0.4 is 5.32 Å². The van der Waals surface area contributed by atoms with Crippen molar-refractivity contribution in [2.75, 3.05) is 0 Å². The summed E-state index contributed by atoms with van der Waals surface area (Å²) >= 11 is 3.51. The van der Waals surface area contributed by atoms with Crippen molar-refractivity contribution in [3.05, 3.63) is 64.0 Å². The van der Waals surface area contributed by atoms with Gasteiger partial charge in [-0.05, 0) is 36.2 Å². The number of aryl methyl sites for hydroxylation is 1. The second-order valence-electron chi connectivity index (χ2n) is 4.73. The van der Waals surface area contributed by atoms with Gasteiger partial charge in [-0.1, -0.05) is 34.1 Å². The Morgan fingerprint density at radius 3 is 2.90 bits per heavy atom. The Labute approximate surface area is 126 Å². The first-order valence-electron chi connectivity index (χ1n) is 6.48. The minimum Gasteiger partial charge on any atom is -0.306 e. The van der Waals surface area contributed by atoms with Gasteiger partial charge in [-0.3, -0.25) is 4.40 Å². The molecule has 5 heteroatoms. The van der Waals surface area contributed by atoms with Crippen molar-refractivity contribution < 1.29 is 0 Å². The smallest absolute Gasteiger partial charge is 0.160 e. The summed E-state index contributed by atoms with van der Waals surface area (Å²) in [5.41, 5.74) is 3.39. The second kappa shape index (κ2) is 5.73. The standard InChI is InChI=1S/C15H15BrN4/c1-11-8-12(5-6-13(11)16)9-17-10-15-19-18-14-4-2-3-7-20(14)15/h2-8,17H,9-10H2,1H3. The molecule has 0 aliphatic carbocycles. The average molecular weight is 331 g/mol. The second-order valence-corrected chi connectivity index (χ2v) is 5.59. The van der Waals surface area contributed by atoms with Crippen molar-refractivity contribution >= 4 is 21.6 Å². The normalized spacial score (nSPS) is 11.1. The van der Waals surface area contributed by atoms with Gasteiger partial charge in [-0.2, -0.15) is 0 Å². The Kier molecular flexibility index (Phi) is 3.80. The number of benzene rings is 1. The van der Waals surface area contributed by atoms with Crippen LogP contribution >= 0.6 is 15.9 Å². The van der Waals surface area contributed by atoms with Crippen LogP contribution in [0.5, 0.6) is 0 Å². The molecule has 0 saturated carbocycles. The van der Waals surface area contributed by atoms with Gasteiger partial charge in [-0.15, -0.1) is 10.2 Å². The summed E-state index contributed by atoms with van der Waals surface area (Å²) in [6.45, 7) is 3.61. The van der Waals surface area contributed by atoms with Crippen molar-refractivity contribution in [1.29, 1.82) is 0 Å². The zero-order valence-corrected chi connectivity index (χ0v) is 12.8. The highest BCUT2D eigenvalue weighted by molar-refractivity contribution is 9.10. The fraction of sp³-hybridized carbons (Fsp3) is 0.200. The number of nitrogens with zero attached hydrogens (tertiary/aromatic N) is 3. The first-order chi connectivity index (χ1) is 9.74. The van der Waals surface area contributed by atoms with Crippen LogP contribution in [0.25, 0.3) is 5.65 Å². The van der Waals surface area contributed by atoms with E-state index in [4.69, 9.17) is 0 Å². The molecule has 0 aliphatic heterocycles. The number of halogens is 1. The van der Waals surface area contributed by atoms with Crippen LogP contribution in [0, 0.1) is 6.92 Å². The number of fused-ring (bicyclic) bond motifs is 1. The van der Waals surface area contributed by atoms with Crippen LogP contribution in [0.2, 0.25) is 0 Å². The predicted molar refractivity (Wildman–Crippen MR) is 82.4 cm³/mol. The Hall–Kier alpha value is -1.72. The van der Waals surface area contributed by atoms with Crippen LogP contribution in [-0.2, 0) is 13.1 Å². The van der Waals surface area contributed by atoms with Gasteiger partial charge in [0.15, 0.2) is 11.5 Å². The molecule has 1 N–H and O–H groups in total. The zero-order valence-electron chi connectivity index (χ0n) is 11.2. The minimum atomic E-state index is 0.695. The number of hydrogen-bond acceptors (Lipinski definition) is 3. The summed E-state index contributed by atoms with van der Waals surface area (Å²) in [7, 11) is 0. The molecule has 0 atom stereocenters. The molecule has 0 saturated heterocycles. The molecule has 2 aromatic heterocycles. The van der Waals surface area contributed by atoms with Crippen LogP contribution in [0.3, 0.4) is 0 Å². The summed E-state index contributed by atoms with van der Waals surface area (Å²) in [6.07, 6.45) is 1.98. The number of pyridine rings is 1. The summed E-state index contributed by atoms with van der Waals surface area (Å²) in [4.78, 5) is 0. The molecule has 20 heavy (non-hydrogen) atoms. The van der Waals surface area contributed by atoms with Gasteiger partial charge in [0, 0.05) is 17.2 Å². The van der Waals surface area contributed by atoms with Gasteiger partial charge >= 0.3 is 0 Å². The molecule has 102 valence electrons. The van der Waals surface area contributed by atoms with Gasteiger partial charge in [0.05, 0.1) is 6.54 Å². The zero-order chi connectivity index (χ0) is 13.9. The molecular formula is C15H15BrN4. The van der Waals surface area contributed by atoms with Crippen LogP contribution in [0.15, 0.2) is 47.1 Å². The first kappa shape index (κ1) is 13.3. The fourth-order valence-corrected chi connectivity index (χ4v) is 2.39. The van der Waals surface area contributed by atoms with E-state index < -0.39 is 0 Å². The lowest BCUT2D eigenvalue weighted by Gasteiger charge is -2.06. The van der Waals surface area contributed by atoms with E-state index >= 15 is 0 Å². The highest BCUT2D eigenvalue weighted by Crippen LogP contribution is 2.17. The molecule has 0 bridgehead atoms. The predicted octanol–water partition coefficient (Wildman–Crippen LogP) is 3.09. The Bertz CT molecular complexity index is 736. The molecule has 3 aromatic rings. The Balaban J connectivity index is 1.66. The maximum absolute atomic E-state index is 4.20. The van der Waals surface area contributed by atoms with E-state index in [1.54, 1.807) is 0 Å². The summed E-state index contributed by atoms with van der Waals surface area (Å²) in [6, 6.07) is 12.3. The molecule has 0 spiro atoms. The van der Waals surface area contributed by atoms with Crippen molar-refractivity contribution in [3.63, 3.8) is 0 Å². The summed E-state index contributed by atoms with van der Waals surface area (Å²) in [5, 5.41) is 11.7. The number of hydrogen-bond donors (Lipinski definition) is 1. The maximum Gasteiger partial charge on any atom is 0.160 e. The Morgan fingerprint density at radius 2 is 2.05 bits per heavy atom. The van der Waals surface area contributed by atoms with Crippen LogP contribution in [0.4, 0.5) is 0 Å². The lowest BCUT2D eigenvalue weighted by molar-refractivity contribution is 0.656. The number of aromatic nitrogens is 3. The Morgan fingerprint density at radius 1 is 1.15 bits per heavy atom. The third-order valence-electron chi connectivity index (χ3n) is 3.22. The molecule has 2 heterocycles. The molecule has 0 amide bonds. The van der Waals surface area contributed by atoms with Crippen LogP contribution in [-0.4, -0.2) is 14.6 Å². The van der Waals surface area contributed by atoms with Gasteiger partial charge in [0.1, 0.15) is 0 Å². The minimum absolute atomic E-state index is 0.695. The van der Waals surface area contributed by atoms with E-state index in [9.17, 15) is 0 Å². The molecule has 4 nitrogen and oxygen atoms in total. The summed E-state index contributed by atoms with van der Waals surface area (Å²) in [5.74, 6) is 0.925. The fourth-order valence-electron chi connectivity index (χ4n) is 2.15. The van der Waals surface area contributed by atoms with E-state index in [1.807, 2.05) is 28.8 Å². The summed E-state index contributed by atoms with van der Waals surface area (Å²) < 4.78 is 3.14. The third kappa shape index (κ3) is 2.73. The van der Waals surface area contributed by atoms with Crippen molar-refractivity contribution in [2.24, 2.45) is 0 Å². The van der Waals surface area contributed by atoms with Gasteiger partial charge in [0.2, 0.25) is 0 Å². The van der Waals surface area contributed by atoms with Crippen molar-refractivity contribution in [1.82, 2.24) is 19.9 Å².